The van der Waals surface area contributed by atoms with Crippen molar-refractivity contribution in [2.75, 3.05) is 7.11 Å². The molecule has 0 radical (unpaired) electrons. The van der Waals surface area contributed by atoms with Gasteiger partial charge in [0.1, 0.15) is 0 Å². The largest absolute Gasteiger partial charge is 0.504 e. The molecule has 6 atom stereocenters. The fourth-order valence-corrected chi connectivity index (χ4v) is 8.47. The molecule has 2 nitrogen and oxygen atoms in total. The molecule has 0 aromatic heterocycles. The van der Waals surface area contributed by atoms with Gasteiger partial charge in [-0.05, 0) is 103 Å². The Morgan fingerprint density at radius 2 is 1.80 bits per heavy atom. The second-order valence-corrected chi connectivity index (χ2v) is 11.9. The Balaban J connectivity index is 1.60. The van der Waals surface area contributed by atoms with Crippen molar-refractivity contribution in [1.29, 1.82) is 0 Å². The quantitative estimate of drug-likeness (QED) is 0.502. The van der Waals surface area contributed by atoms with E-state index in [4.69, 9.17) is 4.74 Å². The van der Waals surface area contributed by atoms with Gasteiger partial charge in [0.15, 0.2) is 11.5 Å². The Morgan fingerprint density at radius 3 is 2.53 bits per heavy atom. The van der Waals surface area contributed by atoms with E-state index >= 15 is 0 Å². The van der Waals surface area contributed by atoms with Gasteiger partial charge in [-0.1, -0.05) is 45.8 Å². The smallest absolute Gasteiger partial charge is 0.161 e. The van der Waals surface area contributed by atoms with Gasteiger partial charge in [-0.3, -0.25) is 0 Å². The number of aromatic hydroxyl groups is 1. The summed E-state index contributed by atoms with van der Waals surface area (Å²) in [6, 6.07) is 2.16. The lowest BCUT2D eigenvalue weighted by Gasteiger charge is -2.64. The zero-order valence-corrected chi connectivity index (χ0v) is 19.9. The highest BCUT2D eigenvalue weighted by molar-refractivity contribution is 5.60. The fourth-order valence-electron chi connectivity index (χ4n) is 8.47. The normalized spacial score (nSPS) is 42.3. The van der Waals surface area contributed by atoms with Gasteiger partial charge in [-0.25, -0.2) is 0 Å². The maximum atomic E-state index is 10.6. The molecule has 4 aliphatic rings. The van der Waals surface area contributed by atoms with Gasteiger partial charge in [0.05, 0.1) is 7.11 Å². The summed E-state index contributed by atoms with van der Waals surface area (Å²) in [6.07, 6.45) is 13.1. The second kappa shape index (κ2) is 6.53. The molecule has 4 aliphatic carbocycles. The van der Waals surface area contributed by atoms with Crippen molar-refractivity contribution >= 4 is 0 Å². The van der Waals surface area contributed by atoms with Crippen molar-refractivity contribution in [1.82, 2.24) is 0 Å². The number of phenols is 1. The molecule has 5 rings (SSSR count). The van der Waals surface area contributed by atoms with E-state index in [1.165, 1.54) is 56.1 Å². The fraction of sp³-hybridized carbons (Fsp3) is 0.714. The van der Waals surface area contributed by atoms with Crippen molar-refractivity contribution < 1.29 is 9.84 Å². The average Bonchev–Trinajstić information content (AvgIpc) is 2.71. The van der Waals surface area contributed by atoms with Gasteiger partial charge >= 0.3 is 0 Å². The molecule has 0 bridgehead atoms. The first-order chi connectivity index (χ1) is 14.1. The minimum atomic E-state index is 0.0681. The summed E-state index contributed by atoms with van der Waals surface area (Å²) in [6.45, 7) is 12.2. The van der Waals surface area contributed by atoms with E-state index in [0.29, 0.717) is 22.3 Å². The van der Waals surface area contributed by atoms with Gasteiger partial charge in [-0.2, -0.15) is 0 Å². The van der Waals surface area contributed by atoms with E-state index in [-0.39, 0.29) is 5.41 Å². The van der Waals surface area contributed by atoms with Crippen LogP contribution in [0.15, 0.2) is 17.7 Å². The number of fused-ring (bicyclic) bond motifs is 7. The van der Waals surface area contributed by atoms with Crippen LogP contribution in [-0.2, 0) is 11.8 Å². The Morgan fingerprint density at radius 1 is 1.03 bits per heavy atom. The van der Waals surface area contributed by atoms with E-state index in [1.807, 2.05) is 0 Å². The predicted molar refractivity (Wildman–Crippen MR) is 123 cm³/mol. The zero-order valence-electron chi connectivity index (χ0n) is 19.9. The minimum absolute atomic E-state index is 0.0681. The predicted octanol–water partition coefficient (Wildman–Crippen LogP) is 7.10. The number of ether oxygens (including phenoxy) is 1. The number of rotatable bonds is 1. The van der Waals surface area contributed by atoms with Crippen LogP contribution in [-0.4, -0.2) is 12.2 Å². The van der Waals surface area contributed by atoms with Crippen LogP contribution in [0.5, 0.6) is 11.5 Å². The molecule has 3 fully saturated rings. The third-order valence-electron chi connectivity index (χ3n) is 10.4. The monoisotopic (exact) mass is 408 g/mol. The highest BCUT2D eigenvalue weighted by Crippen LogP contribution is 2.68. The molecule has 1 aromatic carbocycles. The second-order valence-electron chi connectivity index (χ2n) is 11.9. The first kappa shape index (κ1) is 20.5. The van der Waals surface area contributed by atoms with Gasteiger partial charge < -0.3 is 9.84 Å². The molecule has 1 aromatic rings. The zero-order chi connectivity index (χ0) is 21.5. The molecule has 0 spiro atoms. The van der Waals surface area contributed by atoms with Crippen LogP contribution in [0.2, 0.25) is 0 Å². The lowest BCUT2D eigenvalue weighted by molar-refractivity contribution is -0.0808. The Hall–Kier alpha value is -1.44. The summed E-state index contributed by atoms with van der Waals surface area (Å²) in [5.41, 5.74) is 6.38. The first-order valence-electron chi connectivity index (χ1n) is 12.2. The van der Waals surface area contributed by atoms with Gasteiger partial charge in [0.25, 0.3) is 0 Å². The molecule has 0 heterocycles. The summed E-state index contributed by atoms with van der Waals surface area (Å²) in [7, 11) is 1.67. The van der Waals surface area contributed by atoms with Crippen LogP contribution in [0.3, 0.4) is 0 Å². The number of hydrogen-bond donors (Lipinski definition) is 1. The van der Waals surface area contributed by atoms with E-state index in [9.17, 15) is 5.11 Å². The summed E-state index contributed by atoms with van der Waals surface area (Å²) in [4.78, 5) is 0. The van der Waals surface area contributed by atoms with Crippen molar-refractivity contribution in [2.45, 2.75) is 91.4 Å². The first-order valence-corrected chi connectivity index (χ1v) is 12.2. The van der Waals surface area contributed by atoms with Crippen molar-refractivity contribution in [3.05, 3.63) is 34.4 Å². The number of methoxy groups -OCH3 is 1. The number of phenolic OH excluding ortho intramolecular Hbond substituents is 1. The van der Waals surface area contributed by atoms with Crippen LogP contribution in [0.1, 0.15) is 89.3 Å². The van der Waals surface area contributed by atoms with E-state index in [2.05, 4.69) is 46.8 Å². The molecular weight excluding hydrogens is 368 g/mol. The maximum Gasteiger partial charge on any atom is 0.161 e. The number of benzene rings is 1. The Bertz CT molecular complexity index is 914. The van der Waals surface area contributed by atoms with Crippen molar-refractivity contribution in [3.63, 3.8) is 0 Å². The Kier molecular flexibility index (Phi) is 4.45. The standard InChI is InChI=1S/C28H40O2/c1-17-9-11-26(3)13-14-28(5)20(22(26)15-17)10-12-27(4)21-16-23(30-6)25(29)18(2)19(21)7-8-24(27)28/h8,16-17,20,22,29H,7,9-15H2,1-6H3. The van der Waals surface area contributed by atoms with Crippen LogP contribution in [0.25, 0.3) is 0 Å². The molecular formula is C28H40O2. The molecule has 0 aliphatic heterocycles. The van der Waals surface area contributed by atoms with Crippen LogP contribution in [0, 0.1) is 35.5 Å². The lowest BCUT2D eigenvalue weighted by atomic mass is 9.41. The highest BCUT2D eigenvalue weighted by atomic mass is 16.5. The van der Waals surface area contributed by atoms with Gasteiger partial charge in [-0.15, -0.1) is 0 Å². The molecule has 0 amide bonds. The van der Waals surface area contributed by atoms with Gasteiger partial charge in [0.2, 0.25) is 0 Å². The third kappa shape index (κ3) is 2.55. The average molecular weight is 409 g/mol. The number of hydrogen-bond acceptors (Lipinski definition) is 2. The summed E-state index contributed by atoms with van der Waals surface area (Å²) >= 11 is 0. The summed E-state index contributed by atoms with van der Waals surface area (Å²) in [5.74, 6) is 3.54. The lowest BCUT2D eigenvalue weighted by Crippen LogP contribution is -2.55. The van der Waals surface area contributed by atoms with E-state index < -0.39 is 0 Å². The number of allylic oxidation sites excluding steroid dienone is 2. The van der Waals surface area contributed by atoms with Gasteiger partial charge in [0, 0.05) is 5.41 Å². The molecule has 6 unspecified atom stereocenters. The van der Waals surface area contributed by atoms with Crippen LogP contribution >= 0.6 is 0 Å². The Labute approximate surface area is 183 Å². The third-order valence-corrected chi connectivity index (χ3v) is 10.4. The molecule has 3 saturated carbocycles. The highest BCUT2D eigenvalue weighted by Gasteiger charge is 2.59. The summed E-state index contributed by atoms with van der Waals surface area (Å²) < 4.78 is 5.57. The van der Waals surface area contributed by atoms with E-state index in [1.54, 1.807) is 12.7 Å². The SMILES string of the molecule is COc1cc2c(c(C)c1O)CC=C1C2(C)CCC2C3CC(C)CCC3(C)CCC12C. The van der Waals surface area contributed by atoms with E-state index in [0.717, 1.165) is 29.7 Å². The molecule has 30 heavy (non-hydrogen) atoms. The van der Waals surface area contributed by atoms with Crippen molar-refractivity contribution in [3.8, 4) is 11.5 Å². The molecule has 1 N–H and O–H groups in total. The minimum Gasteiger partial charge on any atom is -0.504 e. The van der Waals surface area contributed by atoms with Crippen LogP contribution in [0.4, 0.5) is 0 Å². The van der Waals surface area contributed by atoms with Crippen molar-refractivity contribution in [2.24, 2.45) is 28.6 Å². The van der Waals surface area contributed by atoms with Crippen LogP contribution < -0.4 is 4.74 Å². The maximum absolute atomic E-state index is 10.6. The summed E-state index contributed by atoms with van der Waals surface area (Å²) in [5, 5.41) is 10.6. The molecule has 0 saturated heterocycles. The molecule has 164 valence electrons. The topological polar surface area (TPSA) is 29.5 Å². The molecule has 2 heteroatoms.